The largest absolute Gasteiger partial charge is 0.507 e. The second-order valence-electron chi connectivity index (χ2n) is 5.74. The quantitative estimate of drug-likeness (QED) is 0.511. The second-order valence-corrected chi connectivity index (χ2v) is 7.21. The molecule has 0 bridgehead atoms. The molecule has 7 heteroatoms. The number of aromatic hydroxyl groups is 1. The zero-order valence-electron chi connectivity index (χ0n) is 14.2. The Morgan fingerprint density at radius 3 is 2.54 bits per heavy atom. The highest BCUT2D eigenvalue weighted by Crippen LogP contribution is 2.26. The summed E-state index contributed by atoms with van der Waals surface area (Å²) in [5.74, 6) is -0.0586. The Bertz CT molecular complexity index is 958. The SMILES string of the molecule is Cc1cc(/C=N\NC(=O)c2cnc(-c3ccc(Cl)cc3)s2)cc(C)c1O. The molecule has 0 saturated carbocycles. The van der Waals surface area contributed by atoms with Crippen LogP contribution in [0.5, 0.6) is 5.75 Å². The number of nitrogens with zero attached hydrogens (tertiary/aromatic N) is 2. The Kier molecular flexibility index (Phi) is 5.35. The van der Waals surface area contributed by atoms with Crippen molar-refractivity contribution in [3.8, 4) is 16.3 Å². The highest BCUT2D eigenvalue weighted by molar-refractivity contribution is 7.16. The van der Waals surface area contributed by atoms with Crippen LogP contribution in [0.1, 0.15) is 26.4 Å². The number of hydrogen-bond donors (Lipinski definition) is 2. The van der Waals surface area contributed by atoms with Gasteiger partial charge >= 0.3 is 0 Å². The first-order valence-electron chi connectivity index (χ1n) is 7.79. The van der Waals surface area contributed by atoms with Crippen molar-refractivity contribution in [3.63, 3.8) is 0 Å². The Balaban J connectivity index is 1.68. The van der Waals surface area contributed by atoms with Crippen molar-refractivity contribution in [2.75, 3.05) is 0 Å². The van der Waals surface area contributed by atoms with E-state index >= 15 is 0 Å². The standard InChI is InChI=1S/C19H16ClN3O2S/c1-11-7-13(8-12(2)17(11)24)9-22-23-18(25)16-10-21-19(26-16)14-3-5-15(20)6-4-14/h3-10,24H,1-2H3,(H,23,25)/b22-9-. The van der Waals surface area contributed by atoms with E-state index in [4.69, 9.17) is 11.6 Å². The number of aromatic nitrogens is 1. The van der Waals surface area contributed by atoms with Gasteiger partial charge in [0.2, 0.25) is 0 Å². The van der Waals surface area contributed by atoms with Crippen LogP contribution in [0.3, 0.4) is 0 Å². The number of thiazole rings is 1. The number of nitrogens with one attached hydrogen (secondary N) is 1. The minimum absolute atomic E-state index is 0.269. The number of benzene rings is 2. The Morgan fingerprint density at radius 2 is 1.88 bits per heavy atom. The van der Waals surface area contributed by atoms with Gasteiger partial charge < -0.3 is 5.11 Å². The summed E-state index contributed by atoms with van der Waals surface area (Å²) in [6.07, 6.45) is 3.06. The molecule has 3 aromatic rings. The molecule has 0 fully saturated rings. The van der Waals surface area contributed by atoms with Crippen LogP contribution in [0.25, 0.3) is 10.6 Å². The van der Waals surface area contributed by atoms with Gasteiger partial charge in [-0.3, -0.25) is 4.79 Å². The lowest BCUT2D eigenvalue weighted by atomic mass is 10.1. The summed E-state index contributed by atoms with van der Waals surface area (Å²) >= 11 is 7.16. The maximum absolute atomic E-state index is 12.2. The molecule has 1 aromatic heterocycles. The van der Waals surface area contributed by atoms with E-state index in [1.165, 1.54) is 17.5 Å². The second kappa shape index (κ2) is 7.68. The van der Waals surface area contributed by atoms with E-state index in [-0.39, 0.29) is 11.7 Å². The number of carbonyl (C=O) groups is 1. The van der Waals surface area contributed by atoms with Gasteiger partial charge in [-0.15, -0.1) is 11.3 Å². The van der Waals surface area contributed by atoms with Gasteiger partial charge in [-0.05, 0) is 54.8 Å². The molecule has 1 heterocycles. The van der Waals surface area contributed by atoms with Crippen LogP contribution < -0.4 is 5.43 Å². The summed E-state index contributed by atoms with van der Waals surface area (Å²) in [7, 11) is 0. The lowest BCUT2D eigenvalue weighted by Crippen LogP contribution is -2.16. The van der Waals surface area contributed by atoms with E-state index in [1.807, 2.05) is 26.0 Å². The average Bonchev–Trinajstić information content (AvgIpc) is 3.10. The van der Waals surface area contributed by atoms with Gasteiger partial charge in [-0.2, -0.15) is 5.10 Å². The van der Waals surface area contributed by atoms with Crippen LogP contribution in [-0.4, -0.2) is 22.2 Å². The first-order valence-corrected chi connectivity index (χ1v) is 8.99. The van der Waals surface area contributed by atoms with Crippen LogP contribution in [0.4, 0.5) is 0 Å². The fraction of sp³-hybridized carbons (Fsp3) is 0.105. The summed E-state index contributed by atoms with van der Waals surface area (Å²) in [4.78, 5) is 16.9. The molecular formula is C19H16ClN3O2S. The number of rotatable bonds is 4. The Morgan fingerprint density at radius 1 is 1.23 bits per heavy atom. The molecule has 0 spiro atoms. The van der Waals surface area contributed by atoms with Gasteiger partial charge in [0.05, 0.1) is 12.4 Å². The normalized spacial score (nSPS) is 11.0. The molecule has 0 saturated heterocycles. The number of aryl methyl sites for hydroxylation is 2. The van der Waals surface area contributed by atoms with Gasteiger partial charge in [0.15, 0.2) is 0 Å². The number of hydrogen-bond acceptors (Lipinski definition) is 5. The topological polar surface area (TPSA) is 74.6 Å². The van der Waals surface area contributed by atoms with E-state index < -0.39 is 0 Å². The van der Waals surface area contributed by atoms with Crippen LogP contribution in [0.2, 0.25) is 5.02 Å². The smallest absolute Gasteiger partial charge is 0.283 e. The average molecular weight is 386 g/mol. The molecule has 0 unspecified atom stereocenters. The summed E-state index contributed by atoms with van der Waals surface area (Å²) in [6, 6.07) is 10.9. The molecule has 1 amide bonds. The summed E-state index contributed by atoms with van der Waals surface area (Å²) in [5, 5.41) is 15.1. The fourth-order valence-electron chi connectivity index (χ4n) is 2.39. The van der Waals surface area contributed by atoms with Crippen LogP contribution in [0.15, 0.2) is 47.7 Å². The molecule has 132 valence electrons. The van der Waals surface area contributed by atoms with E-state index in [0.29, 0.717) is 9.90 Å². The first kappa shape index (κ1) is 18.1. The van der Waals surface area contributed by atoms with Crippen molar-refractivity contribution in [3.05, 3.63) is 69.2 Å². The number of amides is 1. The maximum Gasteiger partial charge on any atom is 0.283 e. The third-order valence-corrected chi connectivity index (χ3v) is 5.01. The lowest BCUT2D eigenvalue weighted by Gasteiger charge is -2.04. The lowest BCUT2D eigenvalue weighted by molar-refractivity contribution is 0.0959. The van der Waals surface area contributed by atoms with E-state index in [2.05, 4.69) is 15.5 Å². The minimum Gasteiger partial charge on any atom is -0.507 e. The van der Waals surface area contributed by atoms with Gasteiger partial charge in [0, 0.05) is 10.6 Å². The molecular weight excluding hydrogens is 370 g/mol. The number of carbonyl (C=O) groups excluding carboxylic acids is 1. The maximum atomic E-state index is 12.2. The fourth-order valence-corrected chi connectivity index (χ4v) is 3.33. The molecule has 5 nitrogen and oxygen atoms in total. The Hall–Kier alpha value is -2.70. The molecule has 0 atom stereocenters. The monoisotopic (exact) mass is 385 g/mol. The van der Waals surface area contributed by atoms with Crippen molar-refractivity contribution in [2.24, 2.45) is 5.10 Å². The van der Waals surface area contributed by atoms with Gasteiger partial charge in [0.25, 0.3) is 5.91 Å². The zero-order valence-corrected chi connectivity index (χ0v) is 15.7. The third kappa shape index (κ3) is 4.09. The van der Waals surface area contributed by atoms with Crippen molar-refractivity contribution >= 4 is 35.1 Å². The molecule has 0 aliphatic heterocycles. The highest BCUT2D eigenvalue weighted by atomic mass is 35.5. The van der Waals surface area contributed by atoms with E-state index in [9.17, 15) is 9.90 Å². The minimum atomic E-state index is -0.328. The number of phenols is 1. The van der Waals surface area contributed by atoms with Crippen molar-refractivity contribution in [1.29, 1.82) is 0 Å². The van der Waals surface area contributed by atoms with E-state index in [1.54, 1.807) is 30.5 Å². The molecule has 0 radical (unpaired) electrons. The van der Waals surface area contributed by atoms with Crippen LogP contribution in [0, 0.1) is 13.8 Å². The molecule has 2 N–H and O–H groups in total. The van der Waals surface area contributed by atoms with Gasteiger partial charge in [-0.25, -0.2) is 10.4 Å². The summed E-state index contributed by atoms with van der Waals surface area (Å²) in [5.41, 5.74) is 5.70. The number of hydrazone groups is 1. The van der Waals surface area contributed by atoms with Crippen LogP contribution >= 0.6 is 22.9 Å². The van der Waals surface area contributed by atoms with Crippen molar-refractivity contribution in [2.45, 2.75) is 13.8 Å². The summed E-state index contributed by atoms with van der Waals surface area (Å²) < 4.78 is 0. The number of phenolic OH excluding ortho intramolecular Hbond substituents is 1. The van der Waals surface area contributed by atoms with Gasteiger partial charge in [0.1, 0.15) is 15.6 Å². The molecule has 2 aromatic carbocycles. The molecule has 3 rings (SSSR count). The molecule has 0 aliphatic carbocycles. The van der Waals surface area contributed by atoms with Gasteiger partial charge in [-0.1, -0.05) is 23.7 Å². The summed E-state index contributed by atoms with van der Waals surface area (Å²) in [6.45, 7) is 3.63. The molecule has 26 heavy (non-hydrogen) atoms. The predicted octanol–water partition coefficient (Wildman–Crippen LogP) is 4.55. The molecule has 0 aliphatic rings. The van der Waals surface area contributed by atoms with Crippen molar-refractivity contribution in [1.82, 2.24) is 10.4 Å². The van der Waals surface area contributed by atoms with Crippen molar-refractivity contribution < 1.29 is 9.90 Å². The first-order chi connectivity index (χ1) is 12.4. The number of halogens is 1. The highest BCUT2D eigenvalue weighted by Gasteiger charge is 2.11. The van der Waals surface area contributed by atoms with Crippen LogP contribution in [-0.2, 0) is 0 Å². The van der Waals surface area contributed by atoms with E-state index in [0.717, 1.165) is 27.3 Å². The Labute approximate surface area is 160 Å². The predicted molar refractivity (Wildman–Crippen MR) is 105 cm³/mol. The third-order valence-electron chi connectivity index (χ3n) is 3.71. The zero-order chi connectivity index (χ0) is 18.7.